The van der Waals surface area contributed by atoms with Gasteiger partial charge in [0.25, 0.3) is 5.91 Å². The summed E-state index contributed by atoms with van der Waals surface area (Å²) in [6, 6.07) is 17.8. The highest BCUT2D eigenvalue weighted by molar-refractivity contribution is 7.18. The van der Waals surface area contributed by atoms with Crippen LogP contribution in [0.4, 0.5) is 5.13 Å². The largest absolute Gasteiger partial charge is 0.496 e. The average Bonchev–Trinajstić information content (AvgIpc) is 3.46. The lowest BCUT2D eigenvalue weighted by atomic mass is 10.1. The maximum absolute atomic E-state index is 12.8. The third kappa shape index (κ3) is 4.23. The van der Waals surface area contributed by atoms with Gasteiger partial charge in [-0.1, -0.05) is 41.7 Å². The minimum absolute atomic E-state index is 0.249. The minimum atomic E-state index is -0.249. The molecule has 1 N–H and O–H groups in total. The number of amides is 1. The molecule has 0 bridgehead atoms. The molecular formula is C24H21N5O2S. The first-order chi connectivity index (χ1) is 15.7. The van der Waals surface area contributed by atoms with Crippen LogP contribution in [0.15, 0.2) is 67.0 Å². The molecule has 1 aliphatic rings. The van der Waals surface area contributed by atoms with Crippen LogP contribution in [-0.4, -0.2) is 33.1 Å². The number of pyridine rings is 1. The first-order valence-corrected chi connectivity index (χ1v) is 11.0. The van der Waals surface area contributed by atoms with E-state index in [0.717, 1.165) is 35.8 Å². The second-order valence-electron chi connectivity index (χ2n) is 7.54. The molecule has 1 amide bonds. The van der Waals surface area contributed by atoms with Crippen molar-refractivity contribution in [2.24, 2.45) is 0 Å². The molecule has 7 nitrogen and oxygen atoms in total. The van der Waals surface area contributed by atoms with Gasteiger partial charge < -0.3 is 4.74 Å². The first-order valence-electron chi connectivity index (χ1n) is 10.2. The fourth-order valence-corrected chi connectivity index (χ4v) is 4.57. The second kappa shape index (κ2) is 8.86. The summed E-state index contributed by atoms with van der Waals surface area (Å²) >= 11 is 1.32. The van der Waals surface area contributed by atoms with E-state index in [1.54, 1.807) is 25.6 Å². The van der Waals surface area contributed by atoms with E-state index in [2.05, 4.69) is 49.7 Å². The molecule has 8 heteroatoms. The number of ether oxygens (including phenoxy) is 1. The van der Waals surface area contributed by atoms with Crippen molar-refractivity contribution in [2.75, 3.05) is 12.4 Å². The number of aromatic nitrogens is 3. The fraction of sp³-hybridized carbons (Fsp3) is 0.167. The van der Waals surface area contributed by atoms with E-state index in [4.69, 9.17) is 4.74 Å². The van der Waals surface area contributed by atoms with Crippen LogP contribution in [0.3, 0.4) is 0 Å². The fourth-order valence-electron chi connectivity index (χ4n) is 3.83. The number of carbonyl (C=O) groups is 1. The molecule has 0 fully saturated rings. The molecular weight excluding hydrogens is 422 g/mol. The number of carbonyl (C=O) groups excluding carboxylic acids is 1. The van der Waals surface area contributed by atoms with E-state index in [-0.39, 0.29) is 5.91 Å². The van der Waals surface area contributed by atoms with Gasteiger partial charge in [-0.05, 0) is 35.4 Å². The summed E-state index contributed by atoms with van der Waals surface area (Å²) in [5.41, 5.74) is 5.20. The van der Waals surface area contributed by atoms with Crippen LogP contribution >= 0.6 is 11.3 Å². The quantitative estimate of drug-likeness (QED) is 0.476. The lowest BCUT2D eigenvalue weighted by molar-refractivity contribution is 0.102. The molecule has 0 unspecified atom stereocenters. The molecule has 0 spiro atoms. The van der Waals surface area contributed by atoms with Gasteiger partial charge in [0.1, 0.15) is 10.8 Å². The molecule has 160 valence electrons. The Labute approximate surface area is 189 Å². The molecule has 2 aromatic heterocycles. The van der Waals surface area contributed by atoms with Gasteiger partial charge in [0, 0.05) is 48.7 Å². The van der Waals surface area contributed by atoms with E-state index in [9.17, 15) is 4.79 Å². The summed E-state index contributed by atoms with van der Waals surface area (Å²) in [7, 11) is 1.63. The van der Waals surface area contributed by atoms with Gasteiger partial charge in [-0.2, -0.15) is 0 Å². The van der Waals surface area contributed by atoms with Crippen LogP contribution in [0.5, 0.6) is 5.75 Å². The van der Waals surface area contributed by atoms with E-state index in [1.165, 1.54) is 22.5 Å². The molecule has 0 saturated carbocycles. The number of nitrogens with one attached hydrogen (secondary N) is 1. The van der Waals surface area contributed by atoms with Gasteiger partial charge in [0.15, 0.2) is 0 Å². The number of methoxy groups -OCH3 is 1. The van der Waals surface area contributed by atoms with Crippen LogP contribution in [0.1, 0.15) is 27.0 Å². The smallest absolute Gasteiger partial charge is 0.257 e. The zero-order valence-corrected chi connectivity index (χ0v) is 18.3. The van der Waals surface area contributed by atoms with E-state index >= 15 is 0 Å². The molecule has 0 aliphatic carbocycles. The van der Waals surface area contributed by atoms with Crippen molar-refractivity contribution in [3.63, 3.8) is 0 Å². The van der Waals surface area contributed by atoms with Crippen LogP contribution in [0.25, 0.3) is 10.6 Å². The second-order valence-corrected chi connectivity index (χ2v) is 8.52. The average molecular weight is 444 g/mol. The lowest BCUT2D eigenvalue weighted by Crippen LogP contribution is -2.17. The van der Waals surface area contributed by atoms with Crippen molar-refractivity contribution in [1.29, 1.82) is 0 Å². The van der Waals surface area contributed by atoms with Gasteiger partial charge in [-0.15, -0.1) is 10.2 Å². The molecule has 3 heterocycles. The van der Waals surface area contributed by atoms with Crippen molar-refractivity contribution >= 4 is 22.4 Å². The van der Waals surface area contributed by atoms with Gasteiger partial charge in [-0.3, -0.25) is 20.0 Å². The number of nitrogens with zero attached hydrogens (tertiary/aromatic N) is 4. The van der Waals surface area contributed by atoms with E-state index in [0.29, 0.717) is 16.4 Å². The van der Waals surface area contributed by atoms with Gasteiger partial charge in [-0.25, -0.2) is 0 Å². The highest BCUT2D eigenvalue weighted by Crippen LogP contribution is 2.29. The molecule has 5 rings (SSSR count). The number of rotatable bonds is 6. The van der Waals surface area contributed by atoms with Crippen molar-refractivity contribution in [3.05, 3.63) is 89.2 Å². The lowest BCUT2D eigenvalue weighted by Gasteiger charge is -2.17. The monoisotopic (exact) mass is 443 g/mol. The number of benzene rings is 2. The van der Waals surface area contributed by atoms with Crippen molar-refractivity contribution < 1.29 is 9.53 Å². The predicted molar refractivity (Wildman–Crippen MR) is 123 cm³/mol. The Balaban J connectivity index is 1.28. The summed E-state index contributed by atoms with van der Waals surface area (Å²) in [6.07, 6.45) is 3.40. The van der Waals surface area contributed by atoms with Crippen molar-refractivity contribution in [3.8, 4) is 16.3 Å². The Morgan fingerprint density at radius 2 is 1.81 bits per heavy atom. The number of anilines is 1. The highest BCUT2D eigenvalue weighted by atomic mass is 32.1. The summed E-state index contributed by atoms with van der Waals surface area (Å²) in [6.45, 7) is 2.59. The van der Waals surface area contributed by atoms with E-state index < -0.39 is 0 Å². The molecule has 0 atom stereocenters. The Morgan fingerprint density at radius 3 is 2.53 bits per heavy atom. The summed E-state index contributed by atoms with van der Waals surface area (Å²) in [5.74, 6) is 0.448. The molecule has 0 radical (unpaired) electrons. The van der Waals surface area contributed by atoms with Crippen LogP contribution in [0, 0.1) is 0 Å². The molecule has 32 heavy (non-hydrogen) atoms. The maximum Gasteiger partial charge on any atom is 0.257 e. The predicted octanol–water partition coefficient (Wildman–Crippen LogP) is 4.38. The number of hydrogen-bond acceptors (Lipinski definition) is 7. The Kier molecular flexibility index (Phi) is 5.62. The normalized spacial score (nSPS) is 13.0. The van der Waals surface area contributed by atoms with Crippen molar-refractivity contribution in [2.45, 2.75) is 19.6 Å². The summed E-state index contributed by atoms with van der Waals surface area (Å²) < 4.78 is 5.60. The summed E-state index contributed by atoms with van der Waals surface area (Å²) in [5, 5.41) is 12.2. The maximum atomic E-state index is 12.8. The van der Waals surface area contributed by atoms with Crippen LogP contribution in [-0.2, 0) is 19.6 Å². The number of hydrogen-bond donors (Lipinski definition) is 1. The Morgan fingerprint density at radius 1 is 1.06 bits per heavy atom. The third-order valence-electron chi connectivity index (χ3n) is 5.42. The standard InChI is InChI=1S/C24H21N5O2S/c1-31-21-12-17(6-7-20(21)15-29-13-18-4-2-3-5-19(18)14-29)22(30)26-24-28-27-23(32-24)16-8-10-25-11-9-16/h2-12H,13-15H2,1H3,(H,26,28,30). The SMILES string of the molecule is COc1cc(C(=O)Nc2nnc(-c3ccncc3)s2)ccc1CN1Cc2ccccc2C1. The van der Waals surface area contributed by atoms with Crippen LogP contribution in [0.2, 0.25) is 0 Å². The van der Waals surface area contributed by atoms with Crippen molar-refractivity contribution in [1.82, 2.24) is 20.1 Å². The molecule has 2 aromatic carbocycles. The summed E-state index contributed by atoms with van der Waals surface area (Å²) in [4.78, 5) is 19.2. The third-order valence-corrected chi connectivity index (χ3v) is 6.31. The topological polar surface area (TPSA) is 80.2 Å². The van der Waals surface area contributed by atoms with Gasteiger partial charge in [0.2, 0.25) is 5.13 Å². The minimum Gasteiger partial charge on any atom is -0.496 e. The zero-order valence-electron chi connectivity index (χ0n) is 17.5. The van der Waals surface area contributed by atoms with Crippen LogP contribution < -0.4 is 10.1 Å². The number of fused-ring (bicyclic) bond motifs is 1. The Bertz CT molecular complexity index is 1230. The van der Waals surface area contributed by atoms with Gasteiger partial charge >= 0.3 is 0 Å². The van der Waals surface area contributed by atoms with Gasteiger partial charge in [0.05, 0.1) is 7.11 Å². The molecule has 0 saturated heterocycles. The first kappa shape index (κ1) is 20.3. The molecule has 4 aromatic rings. The molecule has 1 aliphatic heterocycles. The Hall–Kier alpha value is -3.62. The van der Waals surface area contributed by atoms with E-state index in [1.807, 2.05) is 24.3 Å². The zero-order chi connectivity index (χ0) is 21.9. The highest BCUT2D eigenvalue weighted by Gasteiger charge is 2.20.